The van der Waals surface area contributed by atoms with Crippen LogP contribution in [0.5, 0.6) is 0 Å². The van der Waals surface area contributed by atoms with Crippen molar-refractivity contribution in [2.24, 2.45) is 11.8 Å². The van der Waals surface area contributed by atoms with Crippen molar-refractivity contribution < 1.29 is 9.18 Å². The van der Waals surface area contributed by atoms with Crippen molar-refractivity contribution in [3.8, 4) is 0 Å². The molecule has 5 nitrogen and oxygen atoms in total. The van der Waals surface area contributed by atoms with Crippen molar-refractivity contribution in [3.05, 3.63) is 35.6 Å². The van der Waals surface area contributed by atoms with Crippen LogP contribution in [0.25, 0.3) is 0 Å². The van der Waals surface area contributed by atoms with Crippen molar-refractivity contribution in [1.29, 1.82) is 0 Å². The summed E-state index contributed by atoms with van der Waals surface area (Å²) in [5, 5.41) is 3.39. The van der Waals surface area contributed by atoms with Crippen LogP contribution in [-0.2, 0) is 4.79 Å². The van der Waals surface area contributed by atoms with Crippen LogP contribution in [0.4, 0.5) is 4.39 Å². The molecule has 2 saturated heterocycles. The SMILES string of the molecule is CC(CC(=O)N(C)CCCC1CC(c2cccc(F)c2)NN1)C1CCNCC1.Cl. The molecule has 0 aliphatic carbocycles. The minimum absolute atomic E-state index is 0. The molecule has 2 fully saturated rings. The largest absolute Gasteiger partial charge is 0.346 e. The highest BCUT2D eigenvalue weighted by molar-refractivity contribution is 5.85. The molecule has 0 aromatic heterocycles. The first-order valence-electron chi connectivity index (χ1n) is 10.7. The fourth-order valence-electron chi connectivity index (χ4n) is 4.46. The number of benzene rings is 1. The lowest BCUT2D eigenvalue weighted by molar-refractivity contribution is -0.131. The molecule has 2 aliphatic rings. The van der Waals surface area contributed by atoms with Gasteiger partial charge in [0, 0.05) is 32.1 Å². The quantitative estimate of drug-likeness (QED) is 0.596. The number of nitrogens with one attached hydrogen (secondary N) is 3. The van der Waals surface area contributed by atoms with E-state index in [4.69, 9.17) is 0 Å². The lowest BCUT2D eigenvalue weighted by atomic mass is 9.84. The fraction of sp³-hybridized carbons (Fsp3) is 0.682. The zero-order valence-corrected chi connectivity index (χ0v) is 18.4. The van der Waals surface area contributed by atoms with Crippen LogP contribution in [0.1, 0.15) is 57.1 Å². The summed E-state index contributed by atoms with van der Waals surface area (Å²) in [4.78, 5) is 14.4. The summed E-state index contributed by atoms with van der Waals surface area (Å²) in [5.41, 5.74) is 7.57. The van der Waals surface area contributed by atoms with Gasteiger partial charge in [-0.2, -0.15) is 0 Å². The molecule has 0 spiro atoms. The minimum atomic E-state index is -0.193. The van der Waals surface area contributed by atoms with Crippen molar-refractivity contribution in [2.75, 3.05) is 26.7 Å². The third-order valence-electron chi connectivity index (χ3n) is 6.39. The number of hydrogen-bond donors (Lipinski definition) is 3. The zero-order valence-electron chi connectivity index (χ0n) is 17.6. The predicted molar refractivity (Wildman–Crippen MR) is 117 cm³/mol. The normalized spacial score (nSPS) is 23.4. The van der Waals surface area contributed by atoms with Crippen LogP contribution in [0.15, 0.2) is 24.3 Å². The van der Waals surface area contributed by atoms with Gasteiger partial charge in [0.05, 0.1) is 0 Å². The van der Waals surface area contributed by atoms with E-state index in [0.717, 1.165) is 44.5 Å². The molecule has 1 amide bonds. The second kappa shape index (κ2) is 11.8. The Kier molecular flexibility index (Phi) is 9.83. The van der Waals surface area contributed by atoms with E-state index in [0.29, 0.717) is 24.3 Å². The van der Waals surface area contributed by atoms with E-state index in [-0.39, 0.29) is 30.2 Å². The van der Waals surface area contributed by atoms with Gasteiger partial charge >= 0.3 is 0 Å². The Balaban J connectivity index is 0.00000300. The monoisotopic (exact) mass is 426 g/mol. The maximum Gasteiger partial charge on any atom is 0.222 e. The van der Waals surface area contributed by atoms with Crippen LogP contribution in [0, 0.1) is 17.7 Å². The van der Waals surface area contributed by atoms with E-state index in [1.54, 1.807) is 12.1 Å². The molecule has 29 heavy (non-hydrogen) atoms. The van der Waals surface area contributed by atoms with E-state index in [9.17, 15) is 9.18 Å². The molecule has 3 N–H and O–H groups in total. The number of carbonyl (C=O) groups is 1. The molecule has 2 aliphatic heterocycles. The number of rotatable bonds is 8. The predicted octanol–water partition coefficient (Wildman–Crippen LogP) is 3.42. The molecular weight excluding hydrogens is 391 g/mol. The zero-order chi connectivity index (χ0) is 19.9. The van der Waals surface area contributed by atoms with E-state index in [1.165, 1.54) is 18.9 Å². The smallest absolute Gasteiger partial charge is 0.222 e. The Bertz CT molecular complexity index is 641. The van der Waals surface area contributed by atoms with Gasteiger partial charge in [-0.15, -0.1) is 12.4 Å². The maximum absolute atomic E-state index is 13.4. The van der Waals surface area contributed by atoms with Gasteiger partial charge in [-0.05, 0) is 74.7 Å². The summed E-state index contributed by atoms with van der Waals surface area (Å²) in [7, 11) is 1.92. The lowest BCUT2D eigenvalue weighted by Gasteiger charge is -2.29. The van der Waals surface area contributed by atoms with E-state index in [1.807, 2.05) is 18.0 Å². The molecule has 3 rings (SSSR count). The van der Waals surface area contributed by atoms with Gasteiger partial charge in [-0.25, -0.2) is 4.39 Å². The molecular formula is C22H36ClFN4O. The Morgan fingerprint density at radius 1 is 1.28 bits per heavy atom. The van der Waals surface area contributed by atoms with Gasteiger partial charge in [-0.1, -0.05) is 19.1 Å². The third kappa shape index (κ3) is 7.21. The number of hydrazine groups is 1. The molecule has 0 radical (unpaired) electrons. The number of amides is 1. The summed E-state index contributed by atoms with van der Waals surface area (Å²) in [6.45, 7) is 5.18. The minimum Gasteiger partial charge on any atom is -0.346 e. The van der Waals surface area contributed by atoms with Gasteiger partial charge in [0.1, 0.15) is 5.82 Å². The van der Waals surface area contributed by atoms with Gasteiger partial charge < -0.3 is 10.2 Å². The van der Waals surface area contributed by atoms with Crippen LogP contribution >= 0.6 is 12.4 Å². The van der Waals surface area contributed by atoms with Crippen LogP contribution in [0.2, 0.25) is 0 Å². The number of nitrogens with zero attached hydrogens (tertiary/aromatic N) is 1. The Morgan fingerprint density at radius 3 is 2.76 bits per heavy atom. The number of hydrogen-bond acceptors (Lipinski definition) is 4. The molecule has 0 bridgehead atoms. The van der Waals surface area contributed by atoms with Crippen LogP contribution in [0.3, 0.4) is 0 Å². The number of piperidine rings is 1. The number of carbonyl (C=O) groups excluding carboxylic acids is 1. The molecule has 164 valence electrons. The van der Waals surface area contributed by atoms with Crippen molar-refractivity contribution in [1.82, 2.24) is 21.1 Å². The second-order valence-corrected chi connectivity index (χ2v) is 8.56. The summed E-state index contributed by atoms with van der Waals surface area (Å²) in [5.74, 6) is 1.21. The Labute approximate surface area is 180 Å². The highest BCUT2D eigenvalue weighted by Gasteiger charge is 2.26. The van der Waals surface area contributed by atoms with E-state index >= 15 is 0 Å². The summed E-state index contributed by atoms with van der Waals surface area (Å²) < 4.78 is 13.4. The molecule has 1 aromatic carbocycles. The molecule has 3 atom stereocenters. The van der Waals surface area contributed by atoms with Crippen molar-refractivity contribution >= 4 is 18.3 Å². The van der Waals surface area contributed by atoms with Crippen LogP contribution in [-0.4, -0.2) is 43.5 Å². The third-order valence-corrected chi connectivity index (χ3v) is 6.39. The van der Waals surface area contributed by atoms with E-state index < -0.39 is 0 Å². The first-order chi connectivity index (χ1) is 13.5. The topological polar surface area (TPSA) is 56.4 Å². The first kappa shape index (κ1) is 24.1. The van der Waals surface area contributed by atoms with Gasteiger partial charge in [0.15, 0.2) is 0 Å². The fourth-order valence-corrected chi connectivity index (χ4v) is 4.46. The van der Waals surface area contributed by atoms with Crippen LogP contribution < -0.4 is 16.2 Å². The van der Waals surface area contributed by atoms with Crippen molar-refractivity contribution in [3.63, 3.8) is 0 Å². The molecule has 2 heterocycles. The average Bonchev–Trinajstić information content (AvgIpc) is 3.17. The van der Waals surface area contributed by atoms with Gasteiger partial charge in [0.25, 0.3) is 0 Å². The van der Waals surface area contributed by atoms with Crippen molar-refractivity contribution in [2.45, 2.75) is 57.5 Å². The second-order valence-electron chi connectivity index (χ2n) is 8.56. The molecule has 0 saturated carbocycles. The highest BCUT2D eigenvalue weighted by atomic mass is 35.5. The number of halogens is 2. The summed E-state index contributed by atoms with van der Waals surface area (Å²) in [6, 6.07) is 7.28. The van der Waals surface area contributed by atoms with Gasteiger partial charge in [0.2, 0.25) is 5.91 Å². The maximum atomic E-state index is 13.4. The lowest BCUT2D eigenvalue weighted by Crippen LogP contribution is -2.35. The first-order valence-corrected chi connectivity index (χ1v) is 10.7. The highest BCUT2D eigenvalue weighted by Crippen LogP contribution is 2.26. The Morgan fingerprint density at radius 2 is 2.03 bits per heavy atom. The standard InChI is InChI=1S/C22H35FN4O.ClH/c1-16(17-8-10-24-11-9-17)13-22(28)27(2)12-4-7-20-15-21(26-25-20)18-5-3-6-19(23)14-18;/h3,5-6,14,16-17,20-21,24-26H,4,7-13,15H2,1-2H3;1H. The van der Waals surface area contributed by atoms with E-state index in [2.05, 4.69) is 23.1 Å². The molecule has 7 heteroatoms. The average molecular weight is 427 g/mol. The summed E-state index contributed by atoms with van der Waals surface area (Å²) in [6.07, 6.45) is 5.94. The Hall–Kier alpha value is -1.21. The summed E-state index contributed by atoms with van der Waals surface area (Å²) >= 11 is 0. The molecule has 1 aromatic rings. The van der Waals surface area contributed by atoms with Gasteiger partial charge in [-0.3, -0.25) is 15.6 Å². The molecule has 3 unspecified atom stereocenters.